The van der Waals surface area contributed by atoms with E-state index in [0.29, 0.717) is 43.5 Å². The molecule has 1 aromatic rings. The Balaban J connectivity index is 2.07. The van der Waals surface area contributed by atoms with Crippen molar-refractivity contribution in [2.45, 2.75) is 90.5 Å². The second kappa shape index (κ2) is 24.8. The van der Waals surface area contributed by atoms with Crippen molar-refractivity contribution in [1.82, 2.24) is 15.6 Å². The summed E-state index contributed by atoms with van der Waals surface area (Å²) in [7, 11) is 0. The number of allylic oxidation sites excluding steroid dienone is 12. The van der Waals surface area contributed by atoms with E-state index in [1.807, 2.05) is 6.08 Å². The molecule has 0 saturated heterocycles. The van der Waals surface area contributed by atoms with Gasteiger partial charge >= 0.3 is 5.97 Å². The average molecular weight is 576 g/mol. The smallest absolute Gasteiger partial charge is 0.326 e. The Morgan fingerprint density at radius 2 is 1.38 bits per heavy atom. The summed E-state index contributed by atoms with van der Waals surface area (Å²) in [5.41, 5.74) is 0.911. The molecule has 3 N–H and O–H groups in total. The number of nitrogens with zero attached hydrogens (tertiary/aromatic N) is 1. The van der Waals surface area contributed by atoms with Crippen LogP contribution < -0.4 is 10.6 Å². The third-order valence-electron chi connectivity index (χ3n) is 6.23. The van der Waals surface area contributed by atoms with Crippen molar-refractivity contribution in [3.8, 4) is 0 Å². The van der Waals surface area contributed by atoms with Gasteiger partial charge in [-0.2, -0.15) is 0 Å². The summed E-state index contributed by atoms with van der Waals surface area (Å²) < 4.78 is 0. The Labute approximate surface area is 252 Å². The number of aromatic nitrogens is 1. The fourth-order valence-electron chi connectivity index (χ4n) is 3.86. The molecule has 7 nitrogen and oxygen atoms in total. The van der Waals surface area contributed by atoms with Crippen LogP contribution >= 0.6 is 0 Å². The van der Waals surface area contributed by atoms with Crippen LogP contribution in [0.2, 0.25) is 0 Å². The predicted molar refractivity (Wildman–Crippen MR) is 172 cm³/mol. The fourth-order valence-corrected chi connectivity index (χ4v) is 3.86. The van der Waals surface area contributed by atoms with Crippen LogP contribution in [0.4, 0.5) is 0 Å². The van der Waals surface area contributed by atoms with E-state index in [-0.39, 0.29) is 12.3 Å². The molecule has 0 aromatic carbocycles. The molecule has 2 amide bonds. The number of carbonyl (C=O) groups is 3. The summed E-state index contributed by atoms with van der Waals surface area (Å²) in [4.78, 5) is 40.0. The number of hydrogen-bond donors (Lipinski definition) is 3. The minimum Gasteiger partial charge on any atom is -0.480 e. The number of unbranched alkanes of at least 4 members (excludes halogenated alkanes) is 1. The van der Waals surface area contributed by atoms with Crippen LogP contribution in [0.25, 0.3) is 0 Å². The van der Waals surface area contributed by atoms with E-state index in [9.17, 15) is 19.5 Å². The lowest BCUT2D eigenvalue weighted by molar-refractivity contribution is -0.139. The molecule has 0 saturated carbocycles. The highest BCUT2D eigenvalue weighted by molar-refractivity contribution is 5.97. The lowest BCUT2D eigenvalue weighted by atomic mass is 10.1. The third-order valence-corrected chi connectivity index (χ3v) is 6.23. The minimum absolute atomic E-state index is 0.0235. The number of rotatable bonds is 22. The Morgan fingerprint density at radius 3 is 1.90 bits per heavy atom. The summed E-state index contributed by atoms with van der Waals surface area (Å²) in [6.45, 7) is 4.32. The molecular formula is C35H49N3O4. The van der Waals surface area contributed by atoms with Crippen molar-refractivity contribution in [1.29, 1.82) is 0 Å². The van der Waals surface area contributed by atoms with E-state index in [0.717, 1.165) is 38.5 Å². The summed E-state index contributed by atoms with van der Waals surface area (Å²) in [6.07, 6.45) is 35.8. The van der Waals surface area contributed by atoms with Crippen LogP contribution in [0.5, 0.6) is 0 Å². The van der Waals surface area contributed by atoms with Gasteiger partial charge in [0.2, 0.25) is 5.91 Å². The molecule has 1 atom stereocenters. The molecular weight excluding hydrogens is 526 g/mol. The maximum absolute atomic E-state index is 12.4. The van der Waals surface area contributed by atoms with E-state index in [4.69, 9.17) is 0 Å². The quantitative estimate of drug-likeness (QED) is 0.0990. The van der Waals surface area contributed by atoms with Gasteiger partial charge in [0.25, 0.3) is 5.91 Å². The number of hydrogen-bond acceptors (Lipinski definition) is 4. The van der Waals surface area contributed by atoms with Crippen molar-refractivity contribution >= 4 is 17.8 Å². The lowest BCUT2D eigenvalue weighted by Gasteiger charge is -2.15. The zero-order chi connectivity index (χ0) is 30.7. The summed E-state index contributed by atoms with van der Waals surface area (Å²) in [5, 5.41) is 14.9. The highest BCUT2D eigenvalue weighted by Crippen LogP contribution is 2.07. The zero-order valence-corrected chi connectivity index (χ0v) is 25.3. The molecule has 7 heteroatoms. The van der Waals surface area contributed by atoms with Gasteiger partial charge in [0.05, 0.1) is 5.56 Å². The van der Waals surface area contributed by atoms with Crippen molar-refractivity contribution < 1.29 is 19.5 Å². The first kappa shape index (κ1) is 36.0. The number of pyridine rings is 1. The Morgan fingerprint density at radius 1 is 0.833 bits per heavy atom. The normalized spacial score (nSPS) is 12.9. The molecule has 0 unspecified atom stereocenters. The Bertz CT molecular complexity index is 1100. The Kier molecular flexibility index (Phi) is 21.2. The maximum Gasteiger partial charge on any atom is 0.326 e. The van der Waals surface area contributed by atoms with Crippen molar-refractivity contribution in [3.63, 3.8) is 0 Å². The number of carboxylic acid groups (broad SMARTS) is 1. The molecule has 0 aliphatic rings. The number of nitrogens with one attached hydrogen (secondary N) is 2. The number of aryl methyl sites for hydroxylation is 1. The molecule has 1 rings (SSSR count). The van der Waals surface area contributed by atoms with Gasteiger partial charge in [-0.05, 0) is 83.3 Å². The second-order valence-corrected chi connectivity index (χ2v) is 9.80. The zero-order valence-electron chi connectivity index (χ0n) is 25.3. The van der Waals surface area contributed by atoms with Gasteiger partial charge in [0.1, 0.15) is 6.04 Å². The van der Waals surface area contributed by atoms with Crippen LogP contribution in [-0.4, -0.2) is 40.5 Å². The minimum atomic E-state index is -1.08. The molecule has 228 valence electrons. The average Bonchev–Trinajstić information content (AvgIpc) is 2.97. The summed E-state index contributed by atoms with van der Waals surface area (Å²) in [5.74, 6) is -1.55. The molecule has 0 radical (unpaired) electrons. The van der Waals surface area contributed by atoms with E-state index in [1.165, 1.54) is 0 Å². The highest BCUT2D eigenvalue weighted by Gasteiger charge is 2.21. The predicted octanol–water partition coefficient (Wildman–Crippen LogP) is 7.34. The molecule has 0 aliphatic heterocycles. The van der Waals surface area contributed by atoms with Crippen LogP contribution in [0.3, 0.4) is 0 Å². The molecule has 1 aromatic heterocycles. The third kappa shape index (κ3) is 19.1. The van der Waals surface area contributed by atoms with Crippen LogP contribution in [0.15, 0.2) is 91.2 Å². The van der Waals surface area contributed by atoms with Gasteiger partial charge in [-0.3, -0.25) is 14.6 Å². The van der Waals surface area contributed by atoms with Gasteiger partial charge < -0.3 is 15.7 Å². The highest BCUT2D eigenvalue weighted by atomic mass is 16.4. The molecule has 1 heterocycles. The molecule has 0 aliphatic carbocycles. The number of aliphatic carboxylic acids is 1. The van der Waals surface area contributed by atoms with Crippen molar-refractivity contribution in [2.75, 3.05) is 6.54 Å². The number of amides is 2. The van der Waals surface area contributed by atoms with Gasteiger partial charge in [0, 0.05) is 24.9 Å². The maximum atomic E-state index is 12.4. The van der Waals surface area contributed by atoms with Crippen molar-refractivity contribution in [3.05, 3.63) is 102 Å². The summed E-state index contributed by atoms with van der Waals surface area (Å²) >= 11 is 0. The monoisotopic (exact) mass is 575 g/mol. The molecule has 0 bridgehead atoms. The van der Waals surface area contributed by atoms with Crippen LogP contribution in [0.1, 0.15) is 93.6 Å². The van der Waals surface area contributed by atoms with Gasteiger partial charge in [-0.25, -0.2) is 4.79 Å². The topological polar surface area (TPSA) is 108 Å². The standard InChI is InChI=1S/C35H49N3O4/c1-3-4-5-6-7-8-9-10-11-12-13-14-15-16-17-18-19-20-21-27-33(39)37-28-23-22-26-32(35(41)42)38-34(40)31-25-24-29-36-30(31)2/h4-5,7-8,10-11,13-14,16-17,19-20,24-25,29,32H,3,6,9,12,15,18,21-23,26-28H2,1-2H3,(H,37,39)(H,38,40)(H,41,42)/b5-4-,8-7-,11-10-,14-13-,17-16-,20-19-/t32-/m0/s1. The molecule has 0 fully saturated rings. The SMILES string of the molecule is CC/C=C\C/C=C\C/C=C\C/C=C\C/C=C\C/C=C\CCC(=O)NCCCC[C@H](NC(=O)c1cccnc1C)C(=O)O. The Hall–Kier alpha value is -4.00. The van der Waals surface area contributed by atoms with Gasteiger partial charge in [-0.15, -0.1) is 0 Å². The van der Waals surface area contributed by atoms with Crippen LogP contribution in [-0.2, 0) is 9.59 Å². The first-order chi connectivity index (χ1) is 20.5. The van der Waals surface area contributed by atoms with E-state index in [1.54, 1.807) is 25.3 Å². The lowest BCUT2D eigenvalue weighted by Crippen LogP contribution is -2.41. The van der Waals surface area contributed by atoms with Crippen LogP contribution in [0, 0.1) is 6.92 Å². The van der Waals surface area contributed by atoms with E-state index < -0.39 is 17.9 Å². The number of carbonyl (C=O) groups excluding carboxylic acids is 2. The molecule has 0 spiro atoms. The van der Waals surface area contributed by atoms with E-state index >= 15 is 0 Å². The second-order valence-electron chi connectivity index (χ2n) is 9.80. The number of carboxylic acids is 1. The van der Waals surface area contributed by atoms with Gasteiger partial charge in [-0.1, -0.05) is 79.8 Å². The van der Waals surface area contributed by atoms with Gasteiger partial charge in [0.15, 0.2) is 0 Å². The molecule has 42 heavy (non-hydrogen) atoms. The largest absolute Gasteiger partial charge is 0.480 e. The first-order valence-electron chi connectivity index (χ1n) is 15.1. The van der Waals surface area contributed by atoms with E-state index in [2.05, 4.69) is 89.4 Å². The first-order valence-corrected chi connectivity index (χ1v) is 15.1. The van der Waals surface area contributed by atoms with Crippen molar-refractivity contribution in [2.24, 2.45) is 0 Å². The fraction of sp³-hybridized carbons (Fsp3) is 0.429. The summed E-state index contributed by atoms with van der Waals surface area (Å²) in [6, 6.07) is 2.27.